The molecule has 156 valence electrons. The Hall–Kier alpha value is -2.79. The lowest BCUT2D eigenvalue weighted by Gasteiger charge is -2.25. The molecule has 1 heterocycles. The number of aliphatic carboxylic acids is 2. The first-order valence-corrected chi connectivity index (χ1v) is 9.67. The average Bonchev–Trinajstić information content (AvgIpc) is 2.90. The molecule has 1 amide bonds. The fraction of sp³-hybridized carbons (Fsp3) is 0.333. The van der Waals surface area contributed by atoms with E-state index < -0.39 is 35.4 Å². The Morgan fingerprint density at radius 3 is 2.55 bits per heavy atom. The minimum Gasteiger partial charge on any atom is -0.504 e. The SMILES string of the molecule is COc1cc(C=C2SC(=S)N(C(CCCC(=O)O)CC(=O)O)C2=O)cc(O)c1O. The zero-order chi connectivity index (χ0) is 21.7. The van der Waals surface area contributed by atoms with Crippen LogP contribution in [-0.2, 0) is 14.4 Å². The van der Waals surface area contributed by atoms with E-state index in [1.54, 1.807) is 0 Å². The van der Waals surface area contributed by atoms with E-state index in [9.17, 15) is 24.6 Å². The number of rotatable bonds is 9. The van der Waals surface area contributed by atoms with Crippen molar-refractivity contribution in [3.63, 3.8) is 0 Å². The van der Waals surface area contributed by atoms with Gasteiger partial charge in [0.1, 0.15) is 4.32 Å². The summed E-state index contributed by atoms with van der Waals surface area (Å²) in [6.45, 7) is 0. The number of thioether (sulfide) groups is 1. The molecule has 1 unspecified atom stereocenters. The first-order valence-electron chi connectivity index (χ1n) is 8.44. The van der Waals surface area contributed by atoms with Crippen molar-refractivity contribution >= 4 is 52.2 Å². The van der Waals surface area contributed by atoms with Crippen molar-refractivity contribution in [2.45, 2.75) is 31.7 Å². The van der Waals surface area contributed by atoms with Crippen LogP contribution in [0.1, 0.15) is 31.2 Å². The summed E-state index contributed by atoms with van der Waals surface area (Å²) in [4.78, 5) is 36.2. The van der Waals surface area contributed by atoms with Crippen LogP contribution in [-0.4, -0.2) is 60.6 Å². The van der Waals surface area contributed by atoms with E-state index in [0.29, 0.717) is 5.56 Å². The lowest BCUT2D eigenvalue weighted by Crippen LogP contribution is -2.40. The number of nitrogens with zero attached hydrogens (tertiary/aromatic N) is 1. The predicted molar refractivity (Wildman–Crippen MR) is 109 cm³/mol. The topological polar surface area (TPSA) is 145 Å². The highest BCUT2D eigenvalue weighted by molar-refractivity contribution is 8.26. The number of carboxylic acid groups (broad SMARTS) is 2. The maximum absolute atomic E-state index is 12.8. The predicted octanol–water partition coefficient (Wildman–Crippen LogP) is 2.41. The van der Waals surface area contributed by atoms with E-state index in [1.165, 1.54) is 30.2 Å². The third-order valence-corrected chi connectivity index (χ3v) is 5.45. The number of carboxylic acids is 2. The van der Waals surface area contributed by atoms with Crippen LogP contribution in [0.25, 0.3) is 6.08 Å². The van der Waals surface area contributed by atoms with Gasteiger partial charge in [0.15, 0.2) is 11.5 Å². The smallest absolute Gasteiger partial charge is 0.305 e. The molecule has 11 heteroatoms. The minimum absolute atomic E-state index is 0.0177. The van der Waals surface area contributed by atoms with Crippen LogP contribution in [0, 0.1) is 0 Å². The van der Waals surface area contributed by atoms with Crippen LogP contribution >= 0.6 is 24.0 Å². The monoisotopic (exact) mass is 441 g/mol. The van der Waals surface area contributed by atoms with Crippen molar-refractivity contribution in [2.75, 3.05) is 7.11 Å². The molecule has 0 aromatic heterocycles. The molecule has 1 saturated heterocycles. The Morgan fingerprint density at radius 2 is 1.97 bits per heavy atom. The van der Waals surface area contributed by atoms with E-state index in [-0.39, 0.29) is 40.7 Å². The molecule has 9 nitrogen and oxygen atoms in total. The second-order valence-electron chi connectivity index (χ2n) is 6.18. The molecule has 1 fully saturated rings. The van der Waals surface area contributed by atoms with Gasteiger partial charge in [0.25, 0.3) is 5.91 Å². The number of carbonyl (C=O) groups excluding carboxylic acids is 1. The largest absolute Gasteiger partial charge is 0.504 e. The molecule has 0 saturated carbocycles. The number of amides is 1. The van der Waals surface area contributed by atoms with Gasteiger partial charge in [0.05, 0.1) is 18.4 Å². The van der Waals surface area contributed by atoms with Crippen molar-refractivity contribution < 1.29 is 39.5 Å². The third-order valence-electron chi connectivity index (χ3n) is 4.12. The van der Waals surface area contributed by atoms with Gasteiger partial charge in [-0.25, -0.2) is 0 Å². The highest BCUT2D eigenvalue weighted by Crippen LogP contribution is 2.39. The summed E-state index contributed by atoms with van der Waals surface area (Å²) >= 11 is 6.21. The van der Waals surface area contributed by atoms with E-state index in [0.717, 1.165) is 11.8 Å². The zero-order valence-electron chi connectivity index (χ0n) is 15.3. The molecule has 1 atom stereocenters. The molecule has 4 N–H and O–H groups in total. The van der Waals surface area contributed by atoms with E-state index in [1.807, 2.05) is 0 Å². The van der Waals surface area contributed by atoms with E-state index in [4.69, 9.17) is 27.2 Å². The Morgan fingerprint density at radius 1 is 1.28 bits per heavy atom. The molecule has 1 aliphatic heterocycles. The van der Waals surface area contributed by atoms with E-state index in [2.05, 4.69) is 0 Å². The molecule has 29 heavy (non-hydrogen) atoms. The van der Waals surface area contributed by atoms with Gasteiger partial charge in [-0.3, -0.25) is 19.3 Å². The molecule has 0 bridgehead atoms. The minimum atomic E-state index is -1.13. The fourth-order valence-corrected chi connectivity index (χ4v) is 4.21. The molecule has 0 radical (unpaired) electrons. The van der Waals surface area contributed by atoms with Gasteiger partial charge in [-0.2, -0.15) is 0 Å². The van der Waals surface area contributed by atoms with Gasteiger partial charge in [0.2, 0.25) is 5.75 Å². The highest BCUT2D eigenvalue weighted by atomic mass is 32.2. The fourth-order valence-electron chi connectivity index (χ4n) is 2.81. The number of ether oxygens (including phenoxy) is 1. The van der Waals surface area contributed by atoms with Crippen LogP contribution in [0.4, 0.5) is 0 Å². The number of phenols is 2. The van der Waals surface area contributed by atoms with Crippen LogP contribution in [0.3, 0.4) is 0 Å². The Labute approximate surface area is 175 Å². The summed E-state index contributed by atoms with van der Waals surface area (Å²) in [5.41, 5.74) is 0.373. The quantitative estimate of drug-likeness (QED) is 0.256. The van der Waals surface area contributed by atoms with Gasteiger partial charge in [-0.1, -0.05) is 24.0 Å². The maximum atomic E-state index is 12.8. The lowest BCUT2D eigenvalue weighted by molar-refractivity contribution is -0.138. The molecular weight excluding hydrogens is 422 g/mol. The summed E-state index contributed by atoms with van der Waals surface area (Å²) < 4.78 is 5.13. The number of methoxy groups -OCH3 is 1. The molecule has 0 spiro atoms. The van der Waals surface area contributed by atoms with E-state index >= 15 is 0 Å². The number of phenolic OH excluding ortho intramolecular Hbond substituents is 2. The second-order valence-corrected chi connectivity index (χ2v) is 7.86. The number of hydrogen-bond acceptors (Lipinski definition) is 8. The van der Waals surface area contributed by atoms with Gasteiger partial charge in [-0.05, 0) is 36.6 Å². The molecule has 1 aromatic carbocycles. The Balaban J connectivity index is 2.28. The van der Waals surface area contributed by atoms with Crippen LogP contribution in [0.2, 0.25) is 0 Å². The van der Waals surface area contributed by atoms with Crippen molar-refractivity contribution in [3.05, 3.63) is 22.6 Å². The number of benzene rings is 1. The molecule has 1 aromatic rings. The Kier molecular flexibility index (Phi) is 7.46. The van der Waals surface area contributed by atoms with Gasteiger partial charge in [0, 0.05) is 12.5 Å². The van der Waals surface area contributed by atoms with Gasteiger partial charge >= 0.3 is 11.9 Å². The highest BCUT2D eigenvalue weighted by Gasteiger charge is 2.37. The number of thiocarbonyl (C=S) groups is 1. The van der Waals surface area contributed by atoms with Crippen LogP contribution in [0.15, 0.2) is 17.0 Å². The normalized spacial score (nSPS) is 16.3. The molecular formula is C18H19NO8S2. The third kappa shape index (κ3) is 5.61. The molecule has 2 rings (SSSR count). The summed E-state index contributed by atoms with van der Waals surface area (Å²) in [5, 5.41) is 37.4. The zero-order valence-corrected chi connectivity index (χ0v) is 17.0. The van der Waals surface area contributed by atoms with Gasteiger partial charge in [-0.15, -0.1) is 0 Å². The number of aromatic hydroxyl groups is 2. The lowest BCUT2D eigenvalue weighted by atomic mass is 10.0. The summed E-state index contributed by atoms with van der Waals surface area (Å²) in [7, 11) is 1.31. The first-order chi connectivity index (χ1) is 13.6. The summed E-state index contributed by atoms with van der Waals surface area (Å²) in [5.74, 6) is -3.49. The van der Waals surface area contributed by atoms with Crippen molar-refractivity contribution in [2.24, 2.45) is 0 Å². The average molecular weight is 441 g/mol. The Bertz CT molecular complexity index is 883. The molecule has 0 aliphatic carbocycles. The standard InChI is InChI=1S/C18H19NO8S2/c1-27-12-6-9(5-11(20)16(12)25)7-13-17(26)19(18(28)29-13)10(8-15(23)24)3-2-4-14(21)22/h5-7,10,20,25H,2-4,8H2,1H3,(H,21,22)(H,23,24). The summed E-state index contributed by atoms with van der Waals surface area (Å²) in [6, 6.07) is 1.89. The number of hydrogen-bond donors (Lipinski definition) is 4. The van der Waals surface area contributed by atoms with Crippen LogP contribution in [0.5, 0.6) is 17.2 Å². The summed E-state index contributed by atoms with van der Waals surface area (Å²) in [6.07, 6.45) is 1.30. The first kappa shape index (κ1) is 22.5. The van der Waals surface area contributed by atoms with Crippen LogP contribution < -0.4 is 4.74 Å². The van der Waals surface area contributed by atoms with Crippen molar-refractivity contribution in [3.8, 4) is 17.2 Å². The van der Waals surface area contributed by atoms with Crippen molar-refractivity contribution in [1.29, 1.82) is 0 Å². The number of carbonyl (C=O) groups is 3. The maximum Gasteiger partial charge on any atom is 0.305 e. The van der Waals surface area contributed by atoms with Crippen molar-refractivity contribution in [1.82, 2.24) is 4.90 Å². The molecule has 1 aliphatic rings. The van der Waals surface area contributed by atoms with Gasteiger partial charge < -0.3 is 25.2 Å². The second kappa shape index (κ2) is 9.61.